The molecular formula is C11H12N4. The molecule has 4 heteroatoms. The van der Waals surface area contributed by atoms with Gasteiger partial charge in [-0.2, -0.15) is 5.10 Å². The van der Waals surface area contributed by atoms with Crippen LogP contribution in [0.2, 0.25) is 0 Å². The first kappa shape index (κ1) is 8.61. The van der Waals surface area contributed by atoms with Crippen molar-refractivity contribution in [3.8, 4) is 0 Å². The Balaban J connectivity index is 2.10. The van der Waals surface area contributed by atoms with Crippen molar-refractivity contribution in [2.45, 2.75) is 6.04 Å². The van der Waals surface area contributed by atoms with Gasteiger partial charge in [-0.1, -0.05) is 24.3 Å². The van der Waals surface area contributed by atoms with Crippen LogP contribution in [0.1, 0.15) is 0 Å². The molecule has 0 aliphatic carbocycles. The zero-order valence-corrected chi connectivity index (χ0v) is 8.30. The van der Waals surface area contributed by atoms with E-state index in [4.69, 9.17) is 5.73 Å². The predicted molar refractivity (Wildman–Crippen MR) is 59.7 cm³/mol. The Labute approximate surface area is 87.7 Å². The molecule has 2 N–H and O–H groups in total. The van der Waals surface area contributed by atoms with Crippen LogP contribution in [-0.4, -0.2) is 29.3 Å². The number of fused-ring (bicyclic) bond motifs is 1. The van der Waals surface area contributed by atoms with Gasteiger partial charge >= 0.3 is 0 Å². The van der Waals surface area contributed by atoms with Gasteiger partial charge in [0, 0.05) is 29.9 Å². The minimum Gasteiger partial charge on any atom is -0.351 e. The van der Waals surface area contributed by atoms with Crippen molar-refractivity contribution in [2.24, 2.45) is 5.73 Å². The van der Waals surface area contributed by atoms with Crippen molar-refractivity contribution >= 4 is 16.6 Å². The molecule has 4 nitrogen and oxygen atoms in total. The average Bonchev–Trinajstić information content (AvgIpc) is 2.24. The van der Waals surface area contributed by atoms with Crippen LogP contribution in [0.4, 0.5) is 5.82 Å². The topological polar surface area (TPSA) is 55.0 Å². The molecule has 2 aromatic rings. The van der Waals surface area contributed by atoms with Gasteiger partial charge in [-0.3, -0.25) is 0 Å². The lowest BCUT2D eigenvalue weighted by Gasteiger charge is -2.37. The number of anilines is 1. The van der Waals surface area contributed by atoms with Gasteiger partial charge in [0.2, 0.25) is 0 Å². The normalized spacial score (nSPS) is 16.7. The van der Waals surface area contributed by atoms with E-state index in [1.54, 1.807) is 6.20 Å². The largest absolute Gasteiger partial charge is 0.351 e. The van der Waals surface area contributed by atoms with E-state index in [-0.39, 0.29) is 6.04 Å². The molecule has 76 valence electrons. The molecule has 0 atom stereocenters. The number of aromatic nitrogens is 2. The maximum absolute atomic E-state index is 5.76. The van der Waals surface area contributed by atoms with Gasteiger partial charge < -0.3 is 10.6 Å². The highest BCUT2D eigenvalue weighted by atomic mass is 15.3. The highest BCUT2D eigenvalue weighted by Crippen LogP contribution is 2.25. The van der Waals surface area contributed by atoms with Crippen LogP contribution < -0.4 is 10.6 Å². The number of nitrogens with two attached hydrogens (primary N) is 1. The summed E-state index contributed by atoms with van der Waals surface area (Å²) in [6, 6.07) is 8.44. The Hall–Kier alpha value is -1.68. The van der Waals surface area contributed by atoms with Crippen LogP contribution >= 0.6 is 0 Å². The average molecular weight is 200 g/mol. The third kappa shape index (κ3) is 1.34. The van der Waals surface area contributed by atoms with Crippen LogP contribution in [0.3, 0.4) is 0 Å². The van der Waals surface area contributed by atoms with Crippen LogP contribution in [0.5, 0.6) is 0 Å². The SMILES string of the molecule is NC1CN(c2nncc3ccccc23)C1. The molecule has 2 heterocycles. The molecule has 1 aliphatic heterocycles. The molecule has 1 fully saturated rings. The molecule has 0 saturated carbocycles. The molecular weight excluding hydrogens is 188 g/mol. The lowest BCUT2D eigenvalue weighted by molar-refractivity contribution is 0.514. The smallest absolute Gasteiger partial charge is 0.159 e. The Morgan fingerprint density at radius 2 is 2.07 bits per heavy atom. The van der Waals surface area contributed by atoms with Crippen molar-refractivity contribution < 1.29 is 0 Å². The van der Waals surface area contributed by atoms with Crippen LogP contribution in [-0.2, 0) is 0 Å². The van der Waals surface area contributed by atoms with Crippen molar-refractivity contribution in [3.63, 3.8) is 0 Å². The van der Waals surface area contributed by atoms with Gasteiger partial charge in [0.25, 0.3) is 0 Å². The monoisotopic (exact) mass is 200 g/mol. The summed E-state index contributed by atoms with van der Waals surface area (Å²) in [5.74, 6) is 0.954. The molecule has 0 radical (unpaired) electrons. The molecule has 15 heavy (non-hydrogen) atoms. The minimum absolute atomic E-state index is 0.283. The van der Waals surface area contributed by atoms with Gasteiger partial charge in [-0.15, -0.1) is 5.10 Å². The van der Waals surface area contributed by atoms with E-state index in [0.717, 1.165) is 29.7 Å². The third-order valence-corrected chi connectivity index (χ3v) is 2.76. The quantitative estimate of drug-likeness (QED) is 0.739. The molecule has 0 bridgehead atoms. The van der Waals surface area contributed by atoms with Crippen LogP contribution in [0.25, 0.3) is 10.8 Å². The fourth-order valence-electron chi connectivity index (χ4n) is 1.93. The lowest BCUT2D eigenvalue weighted by atomic mass is 10.1. The number of rotatable bonds is 1. The molecule has 0 unspecified atom stereocenters. The summed E-state index contributed by atoms with van der Waals surface area (Å²) in [6.07, 6.45) is 1.79. The molecule has 1 aliphatic rings. The zero-order chi connectivity index (χ0) is 10.3. The molecule has 1 saturated heterocycles. The Bertz CT molecular complexity index is 485. The van der Waals surface area contributed by atoms with Crippen molar-refractivity contribution in [1.29, 1.82) is 0 Å². The van der Waals surface area contributed by atoms with E-state index in [9.17, 15) is 0 Å². The van der Waals surface area contributed by atoms with Gasteiger partial charge in [0.15, 0.2) is 5.82 Å². The summed E-state index contributed by atoms with van der Waals surface area (Å²) in [7, 11) is 0. The fourth-order valence-corrected chi connectivity index (χ4v) is 1.93. The second kappa shape index (κ2) is 3.17. The molecule has 1 aromatic carbocycles. The summed E-state index contributed by atoms with van der Waals surface area (Å²) < 4.78 is 0. The van der Waals surface area contributed by atoms with E-state index >= 15 is 0 Å². The fraction of sp³-hybridized carbons (Fsp3) is 0.273. The lowest BCUT2D eigenvalue weighted by Crippen LogP contribution is -2.56. The van der Waals surface area contributed by atoms with E-state index in [1.807, 2.05) is 18.2 Å². The number of nitrogens with zero attached hydrogens (tertiary/aromatic N) is 3. The second-order valence-electron chi connectivity index (χ2n) is 3.92. The molecule has 0 spiro atoms. The minimum atomic E-state index is 0.283. The second-order valence-corrected chi connectivity index (χ2v) is 3.92. The van der Waals surface area contributed by atoms with Crippen molar-refractivity contribution in [3.05, 3.63) is 30.5 Å². The first-order chi connectivity index (χ1) is 7.34. The predicted octanol–water partition coefficient (Wildman–Crippen LogP) is 0.777. The summed E-state index contributed by atoms with van der Waals surface area (Å²) in [6.45, 7) is 1.76. The van der Waals surface area contributed by atoms with Gasteiger partial charge in [-0.05, 0) is 0 Å². The zero-order valence-electron chi connectivity index (χ0n) is 8.30. The van der Waals surface area contributed by atoms with Crippen molar-refractivity contribution in [1.82, 2.24) is 10.2 Å². The first-order valence-electron chi connectivity index (χ1n) is 5.05. The Morgan fingerprint density at radius 3 is 2.87 bits per heavy atom. The standard InChI is InChI=1S/C11H12N4/c12-9-6-15(7-9)11-10-4-2-1-3-8(10)5-13-14-11/h1-5,9H,6-7,12H2. The van der Waals surface area contributed by atoms with E-state index < -0.39 is 0 Å². The maximum atomic E-state index is 5.76. The van der Waals surface area contributed by atoms with Gasteiger partial charge in [-0.25, -0.2) is 0 Å². The van der Waals surface area contributed by atoms with E-state index in [1.165, 1.54) is 0 Å². The van der Waals surface area contributed by atoms with E-state index in [0.29, 0.717) is 0 Å². The first-order valence-corrected chi connectivity index (χ1v) is 5.05. The molecule has 1 aromatic heterocycles. The third-order valence-electron chi connectivity index (χ3n) is 2.76. The summed E-state index contributed by atoms with van der Waals surface area (Å²) >= 11 is 0. The Morgan fingerprint density at radius 1 is 1.27 bits per heavy atom. The summed E-state index contributed by atoms with van der Waals surface area (Å²) in [5.41, 5.74) is 5.76. The van der Waals surface area contributed by atoms with Gasteiger partial charge in [0.1, 0.15) is 0 Å². The summed E-state index contributed by atoms with van der Waals surface area (Å²) in [5, 5.41) is 10.5. The number of hydrogen-bond donors (Lipinski definition) is 1. The molecule has 3 rings (SSSR count). The van der Waals surface area contributed by atoms with Crippen LogP contribution in [0, 0.1) is 0 Å². The van der Waals surface area contributed by atoms with Crippen LogP contribution in [0.15, 0.2) is 30.5 Å². The van der Waals surface area contributed by atoms with Gasteiger partial charge in [0.05, 0.1) is 6.20 Å². The van der Waals surface area contributed by atoms with E-state index in [2.05, 4.69) is 21.2 Å². The highest BCUT2D eigenvalue weighted by molar-refractivity contribution is 5.91. The van der Waals surface area contributed by atoms with Crippen molar-refractivity contribution in [2.75, 3.05) is 18.0 Å². The Kier molecular flexibility index (Phi) is 1.82. The summed E-state index contributed by atoms with van der Waals surface area (Å²) in [4.78, 5) is 2.17. The number of benzene rings is 1. The maximum Gasteiger partial charge on any atom is 0.159 e. The number of hydrogen-bond acceptors (Lipinski definition) is 4. The highest BCUT2D eigenvalue weighted by Gasteiger charge is 2.25. The molecule has 0 amide bonds.